The fourth-order valence-electron chi connectivity index (χ4n) is 3.56. The van der Waals surface area contributed by atoms with Crippen molar-refractivity contribution in [3.05, 3.63) is 0 Å². The van der Waals surface area contributed by atoms with Gasteiger partial charge in [-0.05, 0) is 67.3 Å². The van der Waals surface area contributed by atoms with Crippen LogP contribution in [0.15, 0.2) is 0 Å². The van der Waals surface area contributed by atoms with Crippen molar-refractivity contribution in [2.24, 2.45) is 0 Å². The predicted octanol–water partition coefficient (Wildman–Crippen LogP) is 0.645. The minimum Gasteiger partial charge on any atom is -0.379 e. The van der Waals surface area contributed by atoms with E-state index in [-0.39, 0.29) is 0 Å². The average molecular weight is 569 g/mol. The highest BCUT2D eigenvalue weighted by atomic mass is 32.2. The summed E-state index contributed by atoms with van der Waals surface area (Å²) in [5.74, 6) is 10.2. The first-order chi connectivity index (χ1) is 17.7. The lowest BCUT2D eigenvalue weighted by Crippen LogP contribution is -2.35. The van der Waals surface area contributed by atoms with Crippen molar-refractivity contribution in [3.8, 4) is 0 Å². The van der Waals surface area contributed by atoms with Crippen molar-refractivity contribution in [2.75, 3.05) is 120 Å². The molecule has 6 aliphatic rings. The van der Waals surface area contributed by atoms with Gasteiger partial charge >= 0.3 is 0 Å². The standard InChI is InChI=1S/C5H11NOS.C5H11N.C4H9NO.C4H9NS.C4H9N.C3H7NS/c1-8(7)4-2-6-3-5-8;1-2-4-6-5-3-1;2*1-3-6-4-2-5-1;1-2-4-5-3-1;1-2-5-3-4-1/h6H,1-5H2;6H,1-5H2;2*5H,1-4H2;5H,1-4H2;4H,1-3H2. The molecule has 36 heavy (non-hydrogen) atoms. The molecule has 0 aromatic heterocycles. The second kappa shape index (κ2) is 27.0. The normalized spacial score (nSPS) is 24.8. The van der Waals surface area contributed by atoms with Crippen LogP contribution in [-0.4, -0.2) is 130 Å². The highest BCUT2D eigenvalue weighted by Gasteiger charge is 2.07. The molecule has 216 valence electrons. The first-order valence-corrected chi connectivity index (χ1v) is 18.4. The van der Waals surface area contributed by atoms with Crippen molar-refractivity contribution in [3.63, 3.8) is 0 Å². The molecule has 8 nitrogen and oxygen atoms in total. The van der Waals surface area contributed by atoms with E-state index in [1.807, 2.05) is 23.5 Å². The summed E-state index contributed by atoms with van der Waals surface area (Å²) in [5.41, 5.74) is 0. The minimum absolute atomic E-state index is 0.757. The van der Waals surface area contributed by atoms with E-state index in [9.17, 15) is 4.21 Å². The Hall–Kier alpha value is 0.440. The lowest BCUT2D eigenvalue weighted by atomic mass is 10.2. The molecule has 0 aliphatic carbocycles. The van der Waals surface area contributed by atoms with E-state index in [2.05, 4.69) is 37.8 Å². The van der Waals surface area contributed by atoms with Crippen molar-refractivity contribution in [2.45, 2.75) is 32.1 Å². The number of piperidine rings is 1. The molecule has 0 aromatic carbocycles. The summed E-state index contributed by atoms with van der Waals surface area (Å²) in [5, 5.41) is 19.2. The first-order valence-electron chi connectivity index (χ1n) is 14.0. The van der Waals surface area contributed by atoms with Crippen LogP contribution in [0.2, 0.25) is 0 Å². The molecule has 6 rings (SSSR count). The Balaban J connectivity index is 0.000000217. The Bertz CT molecular complexity index is 438. The van der Waals surface area contributed by atoms with Gasteiger partial charge in [0.25, 0.3) is 0 Å². The van der Waals surface area contributed by atoms with Crippen molar-refractivity contribution in [1.82, 2.24) is 31.9 Å². The van der Waals surface area contributed by atoms with Crippen LogP contribution in [-0.2, 0) is 14.3 Å². The van der Waals surface area contributed by atoms with Gasteiger partial charge in [0.1, 0.15) is 0 Å². The van der Waals surface area contributed by atoms with Crippen molar-refractivity contribution in [1.29, 1.82) is 0 Å². The molecule has 0 spiro atoms. The molecular formula is C25H56N6O2S3. The van der Waals surface area contributed by atoms with Crippen LogP contribution in [0, 0.1) is 0 Å². The number of morpholine rings is 1. The number of hydrogen-bond donors (Lipinski definition) is 6. The fraction of sp³-hybridized carbons (Fsp3) is 0.960. The Kier molecular flexibility index (Phi) is 25.9. The van der Waals surface area contributed by atoms with Crippen molar-refractivity contribution >= 4 is 38.9 Å². The summed E-state index contributed by atoms with van der Waals surface area (Å²) in [7, 11) is -1.65. The maximum atomic E-state index is 11.1. The van der Waals surface area contributed by atoms with E-state index < -0.39 is 9.52 Å². The summed E-state index contributed by atoms with van der Waals surface area (Å²) in [6, 6.07) is 0. The lowest BCUT2D eigenvalue weighted by Gasteiger charge is -2.15. The largest absolute Gasteiger partial charge is 0.379 e. The summed E-state index contributed by atoms with van der Waals surface area (Å²) in [6.07, 6.45) is 6.99. The molecule has 0 atom stereocenters. The zero-order valence-corrected chi connectivity index (χ0v) is 25.2. The van der Waals surface area contributed by atoms with E-state index in [4.69, 9.17) is 4.74 Å². The molecule has 0 amide bonds. The summed E-state index contributed by atoms with van der Waals surface area (Å²) >= 11 is 4.00. The van der Waals surface area contributed by atoms with E-state index in [0.29, 0.717) is 0 Å². The van der Waals surface area contributed by atoms with Gasteiger partial charge in [-0.2, -0.15) is 11.8 Å². The van der Waals surface area contributed by atoms with Crippen LogP contribution in [0.1, 0.15) is 32.1 Å². The minimum atomic E-state index is -1.65. The maximum Gasteiger partial charge on any atom is 0.0591 e. The number of ether oxygens (including phenoxy) is 1. The zero-order valence-electron chi connectivity index (χ0n) is 22.7. The Morgan fingerprint density at radius 1 is 0.528 bits per heavy atom. The molecule has 0 radical (unpaired) electrons. The Morgan fingerprint density at radius 2 is 0.972 bits per heavy atom. The molecule has 11 heteroatoms. The van der Waals surface area contributed by atoms with Crippen LogP contribution in [0.4, 0.5) is 0 Å². The van der Waals surface area contributed by atoms with Crippen LogP contribution < -0.4 is 31.9 Å². The van der Waals surface area contributed by atoms with Crippen LogP contribution >= 0.6 is 23.5 Å². The van der Waals surface area contributed by atoms with E-state index in [0.717, 1.165) is 50.9 Å². The van der Waals surface area contributed by atoms with Gasteiger partial charge in [0.05, 0.1) is 13.2 Å². The molecule has 6 aliphatic heterocycles. The molecule has 0 saturated carbocycles. The second-order valence-corrected chi connectivity index (χ2v) is 14.2. The quantitative estimate of drug-likeness (QED) is 0.234. The Morgan fingerprint density at radius 3 is 1.17 bits per heavy atom. The van der Waals surface area contributed by atoms with Gasteiger partial charge in [-0.25, -0.2) is 0 Å². The lowest BCUT2D eigenvalue weighted by molar-refractivity contribution is 0.109. The highest BCUT2D eigenvalue weighted by molar-refractivity contribution is 8.00. The molecule has 6 heterocycles. The van der Waals surface area contributed by atoms with E-state index >= 15 is 0 Å². The summed E-state index contributed by atoms with van der Waals surface area (Å²) in [6.45, 7) is 14.2. The third kappa shape index (κ3) is 26.1. The molecule has 0 bridgehead atoms. The molecule has 6 N–H and O–H groups in total. The second-order valence-electron chi connectivity index (χ2n) is 9.17. The van der Waals surface area contributed by atoms with Gasteiger partial charge in [0.2, 0.25) is 0 Å². The number of rotatable bonds is 0. The number of nitrogens with one attached hydrogen (secondary N) is 6. The van der Waals surface area contributed by atoms with Gasteiger partial charge in [-0.3, -0.25) is 4.21 Å². The van der Waals surface area contributed by atoms with Crippen LogP contribution in [0.5, 0.6) is 0 Å². The zero-order chi connectivity index (χ0) is 25.8. The van der Waals surface area contributed by atoms with Gasteiger partial charge in [0.15, 0.2) is 0 Å². The van der Waals surface area contributed by atoms with Gasteiger partial charge < -0.3 is 36.6 Å². The Labute approximate surface area is 231 Å². The molecule has 6 saturated heterocycles. The predicted molar refractivity (Wildman–Crippen MR) is 166 cm³/mol. The third-order valence-electron chi connectivity index (χ3n) is 5.79. The smallest absolute Gasteiger partial charge is 0.0591 e. The van der Waals surface area contributed by atoms with Gasteiger partial charge in [-0.1, -0.05) is 6.42 Å². The first kappa shape index (κ1) is 34.5. The monoisotopic (exact) mass is 568 g/mol. The SMILES string of the molecule is C1CCNC1.C1CCNCC1.C1COCCN1.C1CSCCN1.C1CSCN1.C=S1(=O)CCNCC1. The fourth-order valence-corrected chi connectivity index (χ4v) is 6.30. The third-order valence-corrected chi connectivity index (χ3v) is 9.57. The number of thioether (sulfide) groups is 2. The van der Waals surface area contributed by atoms with Crippen LogP contribution in [0.25, 0.3) is 0 Å². The molecule has 0 unspecified atom stereocenters. The van der Waals surface area contributed by atoms with E-state index in [1.54, 1.807) is 0 Å². The molecule has 6 fully saturated rings. The summed E-state index contributed by atoms with van der Waals surface area (Å²) < 4.78 is 16.1. The topological polar surface area (TPSA) is 98.5 Å². The highest BCUT2D eigenvalue weighted by Crippen LogP contribution is 2.00. The van der Waals surface area contributed by atoms with E-state index in [1.165, 1.54) is 101 Å². The average Bonchev–Trinajstić information content (AvgIpc) is 3.73. The van der Waals surface area contributed by atoms with Crippen molar-refractivity contribution < 1.29 is 8.95 Å². The molecule has 0 aromatic rings. The molecular weight excluding hydrogens is 513 g/mol. The number of hydrogen-bond acceptors (Lipinski definition) is 10. The van der Waals surface area contributed by atoms with Crippen LogP contribution in [0.3, 0.4) is 0 Å². The van der Waals surface area contributed by atoms with Gasteiger partial charge in [0, 0.05) is 80.5 Å². The summed E-state index contributed by atoms with van der Waals surface area (Å²) in [4.78, 5) is 0. The van der Waals surface area contributed by atoms with Gasteiger partial charge in [-0.15, -0.1) is 11.8 Å². The maximum absolute atomic E-state index is 11.1.